The highest BCUT2D eigenvalue weighted by Gasteiger charge is 2.26. The van der Waals surface area contributed by atoms with Crippen LogP contribution in [0, 0.1) is 0 Å². The molecular formula is C18H21N5. The van der Waals surface area contributed by atoms with Crippen LogP contribution in [-0.2, 0) is 6.54 Å². The number of imidazole rings is 1. The fraction of sp³-hybridized carbons (Fsp3) is 0.333. The van der Waals surface area contributed by atoms with Crippen LogP contribution in [0.15, 0.2) is 48.8 Å². The van der Waals surface area contributed by atoms with E-state index in [1.807, 2.05) is 30.6 Å². The maximum atomic E-state index is 4.46. The number of aromatic amines is 2. The summed E-state index contributed by atoms with van der Waals surface area (Å²) in [6, 6.07) is 12.8. The van der Waals surface area contributed by atoms with Crippen LogP contribution in [0.4, 0.5) is 0 Å². The Morgan fingerprint density at radius 3 is 2.91 bits per heavy atom. The summed E-state index contributed by atoms with van der Waals surface area (Å²) in [6.45, 7) is 1.98. The lowest BCUT2D eigenvalue weighted by Crippen LogP contribution is -2.33. The van der Waals surface area contributed by atoms with Gasteiger partial charge in [0.25, 0.3) is 0 Å². The zero-order valence-electron chi connectivity index (χ0n) is 13.1. The molecule has 3 heterocycles. The molecule has 1 aliphatic heterocycles. The average Bonchev–Trinajstić information content (AvgIpc) is 3.28. The van der Waals surface area contributed by atoms with Crippen molar-refractivity contribution in [2.75, 3.05) is 6.54 Å². The second-order valence-corrected chi connectivity index (χ2v) is 6.10. The van der Waals surface area contributed by atoms with Crippen LogP contribution in [-0.4, -0.2) is 31.6 Å². The van der Waals surface area contributed by atoms with E-state index in [9.17, 15) is 0 Å². The van der Waals surface area contributed by atoms with Crippen LogP contribution in [0.5, 0.6) is 0 Å². The van der Waals surface area contributed by atoms with Crippen LogP contribution in [0.1, 0.15) is 36.8 Å². The number of H-pyrrole nitrogens is 2. The molecule has 1 fully saturated rings. The maximum absolute atomic E-state index is 4.46. The zero-order chi connectivity index (χ0) is 15.5. The summed E-state index contributed by atoms with van der Waals surface area (Å²) in [5, 5.41) is 7.66. The second kappa shape index (κ2) is 6.38. The Labute approximate surface area is 135 Å². The lowest BCUT2D eigenvalue weighted by Gasteiger charge is -2.34. The Morgan fingerprint density at radius 1 is 1.17 bits per heavy atom. The molecule has 1 saturated heterocycles. The minimum absolute atomic E-state index is 0.377. The van der Waals surface area contributed by atoms with Gasteiger partial charge in [0.1, 0.15) is 5.82 Å². The fourth-order valence-electron chi connectivity index (χ4n) is 3.37. The molecule has 0 spiro atoms. The van der Waals surface area contributed by atoms with Crippen LogP contribution in [0.3, 0.4) is 0 Å². The summed E-state index contributed by atoms with van der Waals surface area (Å²) in [5.74, 6) is 1.08. The molecule has 118 valence electrons. The van der Waals surface area contributed by atoms with Crippen molar-refractivity contribution in [3.8, 4) is 11.3 Å². The molecule has 23 heavy (non-hydrogen) atoms. The Kier molecular flexibility index (Phi) is 3.94. The summed E-state index contributed by atoms with van der Waals surface area (Å²) in [6.07, 6.45) is 7.42. The number of nitrogens with zero attached hydrogens (tertiary/aromatic N) is 3. The molecule has 2 N–H and O–H groups in total. The van der Waals surface area contributed by atoms with E-state index in [1.165, 1.54) is 12.8 Å². The van der Waals surface area contributed by atoms with Crippen molar-refractivity contribution < 1.29 is 0 Å². The van der Waals surface area contributed by atoms with Gasteiger partial charge in [-0.25, -0.2) is 4.98 Å². The summed E-state index contributed by atoms with van der Waals surface area (Å²) >= 11 is 0. The van der Waals surface area contributed by atoms with Crippen molar-refractivity contribution in [1.82, 2.24) is 25.1 Å². The Balaban J connectivity index is 1.52. The van der Waals surface area contributed by atoms with Gasteiger partial charge in [0.2, 0.25) is 0 Å². The van der Waals surface area contributed by atoms with Gasteiger partial charge in [-0.15, -0.1) is 0 Å². The molecule has 1 aromatic carbocycles. The van der Waals surface area contributed by atoms with Gasteiger partial charge >= 0.3 is 0 Å². The molecular weight excluding hydrogens is 286 g/mol. The van der Waals surface area contributed by atoms with E-state index in [2.05, 4.69) is 43.3 Å². The number of nitrogens with one attached hydrogen (secondary N) is 2. The third-order valence-corrected chi connectivity index (χ3v) is 4.52. The number of likely N-dealkylation sites (tertiary alicyclic amines) is 1. The van der Waals surface area contributed by atoms with Crippen LogP contribution < -0.4 is 0 Å². The molecule has 0 aliphatic carbocycles. The predicted octanol–water partition coefficient (Wildman–Crippen LogP) is 3.53. The summed E-state index contributed by atoms with van der Waals surface area (Å²) < 4.78 is 0. The van der Waals surface area contributed by atoms with Gasteiger partial charge in [-0.1, -0.05) is 36.8 Å². The van der Waals surface area contributed by atoms with Gasteiger partial charge in [-0.2, -0.15) is 5.10 Å². The van der Waals surface area contributed by atoms with Crippen LogP contribution >= 0.6 is 0 Å². The Morgan fingerprint density at radius 2 is 2.09 bits per heavy atom. The van der Waals surface area contributed by atoms with E-state index in [-0.39, 0.29) is 0 Å². The quantitative estimate of drug-likeness (QED) is 0.775. The van der Waals surface area contributed by atoms with Gasteiger partial charge in [0.15, 0.2) is 0 Å². The molecule has 1 atom stereocenters. The topological polar surface area (TPSA) is 60.6 Å². The normalized spacial score (nSPS) is 19.0. The number of rotatable bonds is 4. The Bertz CT molecular complexity index is 732. The van der Waals surface area contributed by atoms with E-state index >= 15 is 0 Å². The summed E-state index contributed by atoms with van der Waals surface area (Å²) in [5.41, 5.74) is 3.31. The molecule has 1 aliphatic rings. The monoisotopic (exact) mass is 307 g/mol. The second-order valence-electron chi connectivity index (χ2n) is 6.10. The van der Waals surface area contributed by atoms with Crippen molar-refractivity contribution in [1.29, 1.82) is 0 Å². The van der Waals surface area contributed by atoms with Crippen molar-refractivity contribution in [3.63, 3.8) is 0 Å². The van der Waals surface area contributed by atoms with Gasteiger partial charge in [-0.05, 0) is 25.5 Å². The minimum atomic E-state index is 0.377. The summed E-state index contributed by atoms with van der Waals surface area (Å²) in [7, 11) is 0. The predicted molar refractivity (Wildman–Crippen MR) is 89.6 cm³/mol. The lowest BCUT2D eigenvalue weighted by molar-refractivity contribution is 0.133. The summed E-state index contributed by atoms with van der Waals surface area (Å²) in [4.78, 5) is 10.2. The largest absolute Gasteiger partial charge is 0.347 e. The first kappa shape index (κ1) is 14.2. The third kappa shape index (κ3) is 3.05. The molecule has 5 nitrogen and oxygen atoms in total. The SMILES string of the molecule is c1ccc(-c2cc(CN3CCCC[C@@H]3c3ncc[nH]3)[nH]n2)cc1. The van der Waals surface area contributed by atoms with Crippen LogP contribution in [0.2, 0.25) is 0 Å². The lowest BCUT2D eigenvalue weighted by atomic mass is 10.0. The highest BCUT2D eigenvalue weighted by Crippen LogP contribution is 2.30. The van der Waals surface area contributed by atoms with Crippen LogP contribution in [0.25, 0.3) is 11.3 Å². The molecule has 4 rings (SSSR count). The number of hydrogen-bond donors (Lipinski definition) is 2. The highest BCUT2D eigenvalue weighted by atomic mass is 15.2. The molecule has 0 radical (unpaired) electrons. The molecule has 5 heteroatoms. The third-order valence-electron chi connectivity index (χ3n) is 4.52. The smallest absolute Gasteiger partial charge is 0.123 e. The molecule has 0 saturated carbocycles. The van der Waals surface area contributed by atoms with Gasteiger partial charge in [-0.3, -0.25) is 10.00 Å². The first-order chi connectivity index (χ1) is 11.4. The molecule has 2 aromatic heterocycles. The molecule has 0 bridgehead atoms. The van der Waals surface area contributed by atoms with Crippen molar-refractivity contribution in [2.24, 2.45) is 0 Å². The highest BCUT2D eigenvalue weighted by molar-refractivity contribution is 5.58. The maximum Gasteiger partial charge on any atom is 0.123 e. The minimum Gasteiger partial charge on any atom is -0.347 e. The zero-order valence-corrected chi connectivity index (χ0v) is 13.1. The van der Waals surface area contributed by atoms with Gasteiger partial charge in [0, 0.05) is 30.2 Å². The van der Waals surface area contributed by atoms with E-state index < -0.39 is 0 Å². The Hall–Kier alpha value is -2.40. The first-order valence-corrected chi connectivity index (χ1v) is 8.23. The standard InChI is InChI=1S/C18H21N5/c1-2-6-14(7-3-1)16-12-15(21-22-16)13-23-11-5-4-8-17(23)18-19-9-10-20-18/h1-3,6-7,9-10,12,17H,4-5,8,11,13H2,(H,19,20)(H,21,22)/t17-/m1/s1. The van der Waals surface area contributed by atoms with Crippen molar-refractivity contribution in [2.45, 2.75) is 31.8 Å². The number of benzene rings is 1. The van der Waals surface area contributed by atoms with E-state index in [0.717, 1.165) is 42.3 Å². The van der Waals surface area contributed by atoms with E-state index in [1.54, 1.807) is 0 Å². The molecule has 0 amide bonds. The van der Waals surface area contributed by atoms with Crippen molar-refractivity contribution in [3.05, 3.63) is 60.3 Å². The van der Waals surface area contributed by atoms with E-state index in [4.69, 9.17) is 0 Å². The fourth-order valence-corrected chi connectivity index (χ4v) is 3.37. The first-order valence-electron chi connectivity index (χ1n) is 8.23. The molecule has 3 aromatic rings. The molecule has 0 unspecified atom stereocenters. The number of hydrogen-bond acceptors (Lipinski definition) is 3. The number of piperidine rings is 1. The van der Waals surface area contributed by atoms with Gasteiger partial charge in [0.05, 0.1) is 11.7 Å². The average molecular weight is 307 g/mol. The van der Waals surface area contributed by atoms with E-state index in [0.29, 0.717) is 6.04 Å². The number of aromatic nitrogens is 4. The van der Waals surface area contributed by atoms with Gasteiger partial charge < -0.3 is 4.98 Å². The van der Waals surface area contributed by atoms with Crippen molar-refractivity contribution >= 4 is 0 Å².